The molecule has 2 aromatic carbocycles. The molecular weight excluding hydrogens is 302 g/mol. The fraction of sp³-hybridized carbons (Fsp3) is 0.158. The molecule has 4 heteroatoms. The van der Waals surface area contributed by atoms with Crippen LogP contribution >= 0.6 is 11.8 Å². The van der Waals surface area contributed by atoms with Crippen LogP contribution in [0.15, 0.2) is 59.8 Å². The molecule has 3 aromatic rings. The molecule has 0 fully saturated rings. The Labute approximate surface area is 141 Å². The third-order valence-corrected chi connectivity index (χ3v) is 4.15. The molecule has 0 radical (unpaired) electrons. The third-order valence-electron chi connectivity index (χ3n) is 3.60. The summed E-state index contributed by atoms with van der Waals surface area (Å²) in [6.07, 6.45) is 1.99. The highest BCUT2D eigenvalue weighted by molar-refractivity contribution is 7.98. The Morgan fingerprint density at radius 2 is 1.70 bits per heavy atom. The van der Waals surface area contributed by atoms with E-state index in [0.29, 0.717) is 0 Å². The van der Waals surface area contributed by atoms with Gasteiger partial charge in [-0.05, 0) is 31.7 Å². The number of anilines is 2. The van der Waals surface area contributed by atoms with E-state index in [2.05, 4.69) is 59.5 Å². The zero-order chi connectivity index (χ0) is 16.2. The van der Waals surface area contributed by atoms with Crippen LogP contribution in [0.1, 0.15) is 11.1 Å². The molecule has 3 rings (SSSR count). The monoisotopic (exact) mass is 321 g/mol. The smallest absolute Gasteiger partial charge is 0.189 e. The first-order valence-corrected chi connectivity index (χ1v) is 8.71. The van der Waals surface area contributed by atoms with Gasteiger partial charge in [0.2, 0.25) is 0 Å². The predicted octanol–water partition coefficient (Wildman–Crippen LogP) is 5.23. The van der Waals surface area contributed by atoms with Gasteiger partial charge in [-0.2, -0.15) is 0 Å². The van der Waals surface area contributed by atoms with E-state index >= 15 is 0 Å². The Kier molecular flexibility index (Phi) is 4.63. The van der Waals surface area contributed by atoms with E-state index in [0.717, 1.165) is 27.9 Å². The molecule has 0 aliphatic carbocycles. The molecule has 1 N–H and O–H groups in total. The number of nitrogens with zero attached hydrogens (tertiary/aromatic N) is 2. The van der Waals surface area contributed by atoms with Gasteiger partial charge in [0.25, 0.3) is 0 Å². The molecule has 0 aliphatic rings. The zero-order valence-electron chi connectivity index (χ0n) is 13.5. The Balaban J connectivity index is 1.99. The van der Waals surface area contributed by atoms with E-state index in [1.54, 1.807) is 11.8 Å². The lowest BCUT2D eigenvalue weighted by Crippen LogP contribution is -1.99. The summed E-state index contributed by atoms with van der Waals surface area (Å²) in [5.74, 6) is 0.815. The van der Waals surface area contributed by atoms with Crippen molar-refractivity contribution in [2.75, 3.05) is 11.6 Å². The highest BCUT2D eigenvalue weighted by Gasteiger charge is 2.07. The largest absolute Gasteiger partial charge is 0.340 e. The van der Waals surface area contributed by atoms with Crippen molar-refractivity contribution in [3.8, 4) is 11.3 Å². The maximum Gasteiger partial charge on any atom is 0.189 e. The molecule has 0 aliphatic heterocycles. The molecule has 0 spiro atoms. The van der Waals surface area contributed by atoms with Gasteiger partial charge in [0.1, 0.15) is 5.82 Å². The van der Waals surface area contributed by atoms with Gasteiger partial charge in [-0.25, -0.2) is 9.97 Å². The summed E-state index contributed by atoms with van der Waals surface area (Å²) in [6, 6.07) is 18.5. The van der Waals surface area contributed by atoms with E-state index in [9.17, 15) is 0 Å². The highest BCUT2D eigenvalue weighted by atomic mass is 32.2. The Hall–Kier alpha value is -2.33. The lowest BCUT2D eigenvalue weighted by molar-refractivity contribution is 0.981. The molecular formula is C19H19N3S. The minimum atomic E-state index is 0.763. The van der Waals surface area contributed by atoms with Gasteiger partial charge in [0.15, 0.2) is 5.16 Å². The van der Waals surface area contributed by atoms with Gasteiger partial charge in [0, 0.05) is 17.3 Å². The van der Waals surface area contributed by atoms with E-state index in [-0.39, 0.29) is 0 Å². The minimum Gasteiger partial charge on any atom is -0.340 e. The van der Waals surface area contributed by atoms with E-state index < -0.39 is 0 Å². The van der Waals surface area contributed by atoms with Gasteiger partial charge < -0.3 is 5.32 Å². The Morgan fingerprint density at radius 1 is 0.913 bits per heavy atom. The normalized spacial score (nSPS) is 10.6. The number of aromatic nitrogens is 2. The van der Waals surface area contributed by atoms with E-state index in [4.69, 9.17) is 0 Å². The van der Waals surface area contributed by atoms with Gasteiger partial charge in [-0.15, -0.1) is 0 Å². The predicted molar refractivity (Wildman–Crippen MR) is 98.4 cm³/mol. The molecule has 0 saturated carbocycles. The number of thioether (sulfide) groups is 1. The van der Waals surface area contributed by atoms with Gasteiger partial charge in [0.05, 0.1) is 5.69 Å². The summed E-state index contributed by atoms with van der Waals surface area (Å²) in [7, 11) is 0. The van der Waals surface area contributed by atoms with Crippen LogP contribution in [0.5, 0.6) is 0 Å². The molecule has 3 nitrogen and oxygen atoms in total. The maximum atomic E-state index is 4.61. The molecule has 0 atom stereocenters. The minimum absolute atomic E-state index is 0.763. The van der Waals surface area contributed by atoms with E-state index in [1.807, 2.05) is 30.5 Å². The number of rotatable bonds is 4. The van der Waals surface area contributed by atoms with Crippen molar-refractivity contribution < 1.29 is 0 Å². The molecule has 1 aromatic heterocycles. The highest BCUT2D eigenvalue weighted by Crippen LogP contribution is 2.26. The van der Waals surface area contributed by atoms with Crippen molar-refractivity contribution in [1.29, 1.82) is 0 Å². The van der Waals surface area contributed by atoms with Crippen LogP contribution in [-0.2, 0) is 0 Å². The second-order valence-corrected chi connectivity index (χ2v) is 6.21. The molecule has 116 valence electrons. The molecule has 23 heavy (non-hydrogen) atoms. The fourth-order valence-corrected chi connectivity index (χ4v) is 2.81. The molecule has 0 amide bonds. The first kappa shape index (κ1) is 15.6. The lowest BCUT2D eigenvalue weighted by atomic mass is 10.1. The number of nitrogens with one attached hydrogen (secondary N) is 1. The van der Waals surface area contributed by atoms with Crippen LogP contribution in [0.4, 0.5) is 11.5 Å². The lowest BCUT2D eigenvalue weighted by Gasteiger charge is -2.12. The van der Waals surface area contributed by atoms with Gasteiger partial charge in [-0.1, -0.05) is 59.8 Å². The summed E-state index contributed by atoms with van der Waals surface area (Å²) in [6.45, 7) is 4.20. The summed E-state index contributed by atoms with van der Waals surface area (Å²) < 4.78 is 0. The van der Waals surface area contributed by atoms with Gasteiger partial charge in [-0.3, -0.25) is 0 Å². The molecule has 1 heterocycles. The van der Waals surface area contributed by atoms with Crippen LogP contribution in [0.3, 0.4) is 0 Å². The third kappa shape index (κ3) is 3.71. The van der Waals surface area contributed by atoms with Crippen LogP contribution in [0.2, 0.25) is 0 Å². The van der Waals surface area contributed by atoms with Crippen LogP contribution in [-0.4, -0.2) is 16.2 Å². The number of aryl methyl sites for hydroxylation is 2. The quantitative estimate of drug-likeness (QED) is 0.528. The second-order valence-electron chi connectivity index (χ2n) is 5.43. The number of benzene rings is 2. The molecule has 0 saturated heterocycles. The number of hydrogen-bond acceptors (Lipinski definition) is 4. The standard InChI is InChI=1S/C19H19N3S/c1-13-9-10-16(14(2)11-13)20-18-12-17(21-19(22-18)23-3)15-7-5-4-6-8-15/h4-12H,1-3H3,(H,20,21,22). The number of hydrogen-bond donors (Lipinski definition) is 1. The maximum absolute atomic E-state index is 4.61. The van der Waals surface area contributed by atoms with Crippen LogP contribution in [0, 0.1) is 13.8 Å². The Bertz CT molecular complexity index is 816. The second kappa shape index (κ2) is 6.84. The topological polar surface area (TPSA) is 37.8 Å². The summed E-state index contributed by atoms with van der Waals surface area (Å²) in [5.41, 5.74) is 5.55. The Morgan fingerprint density at radius 3 is 2.39 bits per heavy atom. The van der Waals surface area contributed by atoms with E-state index in [1.165, 1.54) is 11.1 Å². The average molecular weight is 321 g/mol. The zero-order valence-corrected chi connectivity index (χ0v) is 14.3. The van der Waals surface area contributed by atoms with Crippen molar-refractivity contribution in [3.05, 3.63) is 65.7 Å². The fourth-order valence-electron chi connectivity index (χ4n) is 2.43. The van der Waals surface area contributed by atoms with Gasteiger partial charge >= 0.3 is 0 Å². The summed E-state index contributed by atoms with van der Waals surface area (Å²) in [4.78, 5) is 9.19. The van der Waals surface area contributed by atoms with Crippen molar-refractivity contribution >= 4 is 23.3 Å². The summed E-state index contributed by atoms with van der Waals surface area (Å²) >= 11 is 1.55. The first-order valence-electron chi connectivity index (χ1n) is 7.48. The van der Waals surface area contributed by atoms with Crippen molar-refractivity contribution in [3.63, 3.8) is 0 Å². The first-order chi connectivity index (χ1) is 11.2. The summed E-state index contributed by atoms with van der Waals surface area (Å²) in [5, 5.41) is 4.18. The average Bonchev–Trinajstić information content (AvgIpc) is 2.58. The van der Waals surface area contributed by atoms with Crippen molar-refractivity contribution in [2.24, 2.45) is 0 Å². The van der Waals surface area contributed by atoms with Crippen molar-refractivity contribution in [1.82, 2.24) is 9.97 Å². The molecule has 0 unspecified atom stereocenters. The van der Waals surface area contributed by atoms with Crippen molar-refractivity contribution in [2.45, 2.75) is 19.0 Å². The van der Waals surface area contributed by atoms with Crippen LogP contribution in [0.25, 0.3) is 11.3 Å². The SMILES string of the molecule is CSc1nc(Nc2ccc(C)cc2C)cc(-c2ccccc2)n1. The molecule has 0 bridgehead atoms. The van der Waals surface area contributed by atoms with Crippen LogP contribution < -0.4 is 5.32 Å².